The van der Waals surface area contributed by atoms with Crippen LogP contribution in [0.3, 0.4) is 0 Å². The summed E-state index contributed by atoms with van der Waals surface area (Å²) in [6.45, 7) is 0.573. The lowest BCUT2D eigenvalue weighted by atomic mass is 10.1. The summed E-state index contributed by atoms with van der Waals surface area (Å²) in [4.78, 5) is 23.2. The van der Waals surface area contributed by atoms with Crippen molar-refractivity contribution in [2.24, 2.45) is 0 Å². The van der Waals surface area contributed by atoms with E-state index in [2.05, 4.69) is 20.3 Å². The zero-order chi connectivity index (χ0) is 25.4. The number of aromatic nitrogens is 4. The smallest absolute Gasteiger partial charge is 0.351 e. The molecule has 0 radical (unpaired) electrons. The van der Waals surface area contributed by atoms with Crippen molar-refractivity contribution < 1.29 is 26.4 Å². The second kappa shape index (κ2) is 9.55. The van der Waals surface area contributed by atoms with Gasteiger partial charge >= 0.3 is 6.18 Å². The van der Waals surface area contributed by atoms with Crippen LogP contribution in [-0.2, 0) is 16.2 Å². The Bertz CT molecular complexity index is 1350. The van der Waals surface area contributed by atoms with Crippen LogP contribution in [0, 0.1) is 0 Å². The lowest BCUT2D eigenvalue weighted by Crippen LogP contribution is -2.42. The Morgan fingerprint density at radius 2 is 1.91 bits per heavy atom. The summed E-state index contributed by atoms with van der Waals surface area (Å²) >= 11 is 6.24. The zero-order valence-electron chi connectivity index (χ0n) is 18.3. The lowest BCUT2D eigenvalue weighted by Gasteiger charge is -2.30. The van der Waals surface area contributed by atoms with E-state index in [1.807, 2.05) is 0 Å². The van der Waals surface area contributed by atoms with E-state index >= 15 is 0 Å². The SMILES string of the molecule is CS(=O)(=O)N1CCC(Nc2ncc(C(F)(F)F)c(-c3cn(-c4cccc(C=O)c4Cl)cn3)n2)CC1. The van der Waals surface area contributed by atoms with Crippen molar-refractivity contribution in [2.75, 3.05) is 24.7 Å². The van der Waals surface area contributed by atoms with E-state index in [-0.39, 0.29) is 41.4 Å². The number of hydrogen-bond donors (Lipinski definition) is 1. The normalized spacial score (nSPS) is 15.8. The van der Waals surface area contributed by atoms with Gasteiger partial charge in [-0.25, -0.2) is 27.7 Å². The molecule has 0 aliphatic carbocycles. The Kier molecular flexibility index (Phi) is 6.84. The van der Waals surface area contributed by atoms with Crippen LogP contribution in [0.2, 0.25) is 5.02 Å². The lowest BCUT2D eigenvalue weighted by molar-refractivity contribution is -0.137. The molecule has 1 saturated heterocycles. The third kappa shape index (κ3) is 5.46. The summed E-state index contributed by atoms with van der Waals surface area (Å²) in [6.07, 6.45) is 1.19. The molecular formula is C21H20ClF3N6O3S. The van der Waals surface area contributed by atoms with Crippen molar-refractivity contribution >= 4 is 33.9 Å². The third-order valence-electron chi connectivity index (χ3n) is 5.59. The molecule has 9 nitrogen and oxygen atoms in total. The molecule has 3 aromatic rings. The fourth-order valence-corrected chi connectivity index (χ4v) is 4.92. The van der Waals surface area contributed by atoms with Crippen LogP contribution in [0.25, 0.3) is 17.1 Å². The molecule has 0 bridgehead atoms. The molecule has 1 N–H and O–H groups in total. The van der Waals surface area contributed by atoms with Crippen LogP contribution in [0.15, 0.2) is 36.9 Å². The Balaban J connectivity index is 1.64. The van der Waals surface area contributed by atoms with Gasteiger partial charge in [0.1, 0.15) is 23.3 Å². The molecule has 0 saturated carbocycles. The molecule has 0 spiro atoms. The first kappa shape index (κ1) is 25.1. The maximum atomic E-state index is 13.7. The number of nitrogens with one attached hydrogen (secondary N) is 1. The summed E-state index contributed by atoms with van der Waals surface area (Å²) < 4.78 is 67.3. The number of nitrogens with zero attached hydrogens (tertiary/aromatic N) is 5. The molecule has 35 heavy (non-hydrogen) atoms. The van der Waals surface area contributed by atoms with E-state index in [0.29, 0.717) is 31.0 Å². The van der Waals surface area contributed by atoms with Crippen molar-refractivity contribution in [1.29, 1.82) is 0 Å². The first-order valence-corrected chi connectivity index (χ1v) is 12.6. The van der Waals surface area contributed by atoms with Gasteiger partial charge in [0.15, 0.2) is 6.29 Å². The molecule has 0 atom stereocenters. The first-order chi connectivity index (χ1) is 16.5. The molecule has 0 amide bonds. The van der Waals surface area contributed by atoms with E-state index in [1.54, 1.807) is 12.1 Å². The summed E-state index contributed by atoms with van der Waals surface area (Å²) in [6, 6.07) is 4.50. The Morgan fingerprint density at radius 1 is 1.20 bits per heavy atom. The van der Waals surface area contributed by atoms with Crippen molar-refractivity contribution in [3.05, 3.63) is 53.1 Å². The largest absolute Gasteiger partial charge is 0.420 e. The number of hydrogen-bond acceptors (Lipinski definition) is 7. The van der Waals surface area contributed by atoms with Crippen molar-refractivity contribution in [3.8, 4) is 17.1 Å². The van der Waals surface area contributed by atoms with E-state index in [1.165, 1.54) is 27.5 Å². The van der Waals surface area contributed by atoms with Gasteiger partial charge in [0.25, 0.3) is 0 Å². The predicted molar refractivity (Wildman–Crippen MR) is 123 cm³/mol. The van der Waals surface area contributed by atoms with Gasteiger partial charge in [-0.2, -0.15) is 13.2 Å². The van der Waals surface area contributed by atoms with Crippen LogP contribution in [-0.4, -0.2) is 63.9 Å². The van der Waals surface area contributed by atoms with Gasteiger partial charge in [-0.3, -0.25) is 4.79 Å². The number of anilines is 1. The van der Waals surface area contributed by atoms with Gasteiger partial charge < -0.3 is 9.88 Å². The number of alkyl halides is 3. The molecule has 1 aliphatic heterocycles. The monoisotopic (exact) mass is 528 g/mol. The molecule has 1 aliphatic rings. The van der Waals surface area contributed by atoms with Crippen LogP contribution < -0.4 is 5.32 Å². The molecule has 186 valence electrons. The summed E-state index contributed by atoms with van der Waals surface area (Å²) in [5.74, 6) is -0.0265. The van der Waals surface area contributed by atoms with Gasteiger partial charge in [0, 0.05) is 37.1 Å². The van der Waals surface area contributed by atoms with Gasteiger partial charge in [0.05, 0.1) is 17.0 Å². The van der Waals surface area contributed by atoms with Gasteiger partial charge in [-0.1, -0.05) is 23.7 Å². The van der Waals surface area contributed by atoms with Crippen LogP contribution in [0.1, 0.15) is 28.8 Å². The van der Waals surface area contributed by atoms with E-state index in [9.17, 15) is 26.4 Å². The highest BCUT2D eigenvalue weighted by Gasteiger charge is 2.36. The minimum Gasteiger partial charge on any atom is -0.351 e. The minimum absolute atomic E-state index is 0.0265. The quantitative estimate of drug-likeness (QED) is 0.486. The maximum absolute atomic E-state index is 13.7. The molecule has 2 aromatic heterocycles. The average molecular weight is 529 g/mol. The maximum Gasteiger partial charge on any atom is 0.420 e. The number of halogens is 4. The Hall–Kier alpha value is -3.03. The number of aldehydes is 1. The number of sulfonamides is 1. The molecule has 1 fully saturated rings. The second-order valence-electron chi connectivity index (χ2n) is 8.00. The fraction of sp³-hybridized carbons (Fsp3) is 0.333. The standard InChI is InChI=1S/C21H20ClF3N6O3S/c1-35(33,34)31-7-5-14(6-8-31)28-20-26-9-15(21(23,24)25)19(29-20)16-10-30(12-27-16)17-4-2-3-13(11-32)18(17)22/h2-4,9-12,14H,5-8H2,1H3,(H,26,28,29). The molecule has 1 aromatic carbocycles. The highest BCUT2D eigenvalue weighted by molar-refractivity contribution is 7.88. The highest BCUT2D eigenvalue weighted by Crippen LogP contribution is 2.36. The van der Waals surface area contributed by atoms with Crippen molar-refractivity contribution in [1.82, 2.24) is 23.8 Å². The van der Waals surface area contributed by atoms with Crippen LogP contribution >= 0.6 is 11.6 Å². The number of piperidine rings is 1. The Morgan fingerprint density at radius 3 is 2.54 bits per heavy atom. The van der Waals surface area contributed by atoms with E-state index < -0.39 is 27.5 Å². The fourth-order valence-electron chi connectivity index (χ4n) is 3.77. The molecular weight excluding hydrogens is 509 g/mol. The first-order valence-electron chi connectivity index (χ1n) is 10.4. The molecule has 0 unspecified atom stereocenters. The number of carbonyl (C=O) groups excluding carboxylic acids is 1. The predicted octanol–water partition coefficient (Wildman–Crippen LogP) is 3.65. The Labute approximate surface area is 204 Å². The molecule has 4 rings (SSSR count). The van der Waals surface area contributed by atoms with Gasteiger partial charge in [-0.15, -0.1) is 0 Å². The number of benzene rings is 1. The number of carbonyl (C=O) groups is 1. The zero-order valence-corrected chi connectivity index (χ0v) is 19.9. The topological polar surface area (TPSA) is 110 Å². The minimum atomic E-state index is -4.73. The summed E-state index contributed by atoms with van der Waals surface area (Å²) in [5, 5.41) is 3.13. The summed E-state index contributed by atoms with van der Waals surface area (Å²) in [5.41, 5.74) is -0.959. The third-order valence-corrected chi connectivity index (χ3v) is 7.30. The average Bonchev–Trinajstić information content (AvgIpc) is 3.28. The highest BCUT2D eigenvalue weighted by atomic mass is 35.5. The number of rotatable bonds is 6. The molecule has 3 heterocycles. The molecule has 14 heteroatoms. The van der Waals surface area contributed by atoms with Crippen molar-refractivity contribution in [2.45, 2.75) is 25.1 Å². The van der Waals surface area contributed by atoms with Crippen molar-refractivity contribution in [3.63, 3.8) is 0 Å². The van der Waals surface area contributed by atoms with Crippen LogP contribution in [0.5, 0.6) is 0 Å². The van der Waals surface area contributed by atoms with E-state index in [0.717, 1.165) is 6.26 Å². The van der Waals surface area contributed by atoms with Crippen LogP contribution in [0.4, 0.5) is 19.1 Å². The van der Waals surface area contributed by atoms with Gasteiger partial charge in [0.2, 0.25) is 16.0 Å². The van der Waals surface area contributed by atoms with Gasteiger partial charge in [-0.05, 0) is 18.9 Å². The summed E-state index contributed by atoms with van der Waals surface area (Å²) in [7, 11) is -3.31. The number of imidazole rings is 1. The second-order valence-corrected chi connectivity index (χ2v) is 10.4. The van der Waals surface area contributed by atoms with E-state index in [4.69, 9.17) is 11.6 Å².